The number of nitrogens with two attached hydrogens (primary N) is 2. The van der Waals surface area contributed by atoms with Gasteiger partial charge in [0.1, 0.15) is 5.82 Å². The van der Waals surface area contributed by atoms with Crippen LogP contribution in [0.1, 0.15) is 12.2 Å². The van der Waals surface area contributed by atoms with Crippen LogP contribution in [0.3, 0.4) is 0 Å². The average Bonchev–Trinajstić information content (AvgIpc) is 2.72. The topological polar surface area (TPSA) is 82.8 Å². The third-order valence-electron chi connectivity index (χ3n) is 3.11. The number of nitrogen functional groups attached to an aromatic ring is 1. The zero-order valence-electron chi connectivity index (χ0n) is 9.50. The molecule has 1 atom stereocenters. The number of rotatable bonds is 1. The van der Waals surface area contributed by atoms with E-state index in [-0.39, 0.29) is 6.04 Å². The van der Waals surface area contributed by atoms with E-state index in [2.05, 4.69) is 10.1 Å². The summed E-state index contributed by atoms with van der Waals surface area (Å²) in [5, 5.41) is 4.49. The minimum Gasteiger partial charge on any atom is -0.398 e. The lowest BCUT2D eigenvalue weighted by atomic mass is 10.1. The number of benzene rings is 1. The van der Waals surface area contributed by atoms with Crippen molar-refractivity contribution in [1.29, 1.82) is 0 Å². The number of aryl methyl sites for hydroxylation is 1. The fourth-order valence-electron chi connectivity index (χ4n) is 2.14. The van der Waals surface area contributed by atoms with E-state index in [0.29, 0.717) is 11.5 Å². The lowest BCUT2D eigenvalue weighted by Gasteiger charge is -2.17. The number of nitrogens with zero attached hydrogens (tertiary/aromatic N) is 3. The van der Waals surface area contributed by atoms with Gasteiger partial charge in [0.25, 0.3) is 0 Å². The third-order valence-corrected chi connectivity index (χ3v) is 3.11. The molecule has 88 valence electrons. The molecular weight excluding hydrogens is 214 g/mol. The fourth-order valence-corrected chi connectivity index (χ4v) is 2.14. The van der Waals surface area contributed by atoms with E-state index < -0.39 is 0 Å². The van der Waals surface area contributed by atoms with Crippen molar-refractivity contribution in [3.63, 3.8) is 0 Å². The molecule has 0 radical (unpaired) electrons. The van der Waals surface area contributed by atoms with Crippen molar-refractivity contribution in [3.05, 3.63) is 30.1 Å². The molecule has 2 aromatic rings. The van der Waals surface area contributed by atoms with Crippen LogP contribution in [-0.4, -0.2) is 20.8 Å². The molecule has 5 nitrogen and oxygen atoms in total. The largest absolute Gasteiger partial charge is 0.398 e. The molecule has 1 aromatic heterocycles. The number of hydrogen-bond donors (Lipinski definition) is 2. The smallest absolute Gasteiger partial charge is 0.183 e. The predicted molar refractivity (Wildman–Crippen MR) is 66.2 cm³/mol. The van der Waals surface area contributed by atoms with E-state index in [4.69, 9.17) is 11.5 Å². The first-order valence-electron chi connectivity index (χ1n) is 5.78. The molecule has 0 amide bonds. The minimum atomic E-state index is 0.202. The van der Waals surface area contributed by atoms with Crippen molar-refractivity contribution in [2.75, 3.05) is 5.73 Å². The summed E-state index contributed by atoms with van der Waals surface area (Å²) in [7, 11) is 0. The molecule has 3 rings (SSSR count). The number of hydrogen-bond acceptors (Lipinski definition) is 4. The van der Waals surface area contributed by atoms with Gasteiger partial charge in [-0.05, 0) is 18.6 Å². The summed E-state index contributed by atoms with van der Waals surface area (Å²) in [4.78, 5) is 4.52. The van der Waals surface area contributed by atoms with Crippen molar-refractivity contribution in [3.8, 4) is 11.4 Å². The maximum atomic E-state index is 5.92. The van der Waals surface area contributed by atoms with Gasteiger partial charge in [-0.25, -0.2) is 9.67 Å². The van der Waals surface area contributed by atoms with Crippen LogP contribution < -0.4 is 11.5 Å². The van der Waals surface area contributed by atoms with E-state index in [1.807, 2.05) is 28.9 Å². The van der Waals surface area contributed by atoms with E-state index in [1.165, 1.54) is 0 Å². The molecule has 0 fully saturated rings. The number of para-hydroxylation sites is 1. The normalized spacial score (nSPS) is 19.0. The van der Waals surface area contributed by atoms with Crippen LogP contribution in [0.2, 0.25) is 0 Å². The number of anilines is 1. The highest BCUT2D eigenvalue weighted by molar-refractivity contribution is 5.70. The molecular formula is C12H15N5. The first kappa shape index (κ1) is 10.3. The van der Waals surface area contributed by atoms with Gasteiger partial charge in [-0.15, -0.1) is 0 Å². The lowest BCUT2D eigenvalue weighted by Crippen LogP contribution is -2.31. The van der Waals surface area contributed by atoms with Crippen molar-refractivity contribution >= 4 is 5.69 Å². The standard InChI is InChI=1S/C12H15N5/c13-8-5-6-17-11(7-8)15-12(16-17)9-3-1-2-4-10(9)14/h1-4,8H,5-7,13-14H2. The van der Waals surface area contributed by atoms with Gasteiger partial charge in [-0.3, -0.25) is 0 Å². The Bertz CT molecular complexity index is 546. The summed E-state index contributed by atoms with van der Waals surface area (Å²) in [6, 6.07) is 7.85. The zero-order valence-corrected chi connectivity index (χ0v) is 9.50. The second-order valence-corrected chi connectivity index (χ2v) is 4.41. The van der Waals surface area contributed by atoms with Gasteiger partial charge in [-0.2, -0.15) is 5.10 Å². The van der Waals surface area contributed by atoms with Gasteiger partial charge >= 0.3 is 0 Å². The van der Waals surface area contributed by atoms with Crippen LogP contribution in [0.25, 0.3) is 11.4 Å². The van der Waals surface area contributed by atoms with Crippen LogP contribution in [0.15, 0.2) is 24.3 Å². The molecule has 2 heterocycles. The Morgan fingerprint density at radius 3 is 2.94 bits per heavy atom. The van der Waals surface area contributed by atoms with Crippen molar-refractivity contribution < 1.29 is 0 Å². The Morgan fingerprint density at radius 1 is 1.29 bits per heavy atom. The molecule has 1 aromatic carbocycles. The van der Waals surface area contributed by atoms with Gasteiger partial charge in [0.15, 0.2) is 5.82 Å². The average molecular weight is 229 g/mol. The molecule has 1 aliphatic rings. The third kappa shape index (κ3) is 1.78. The predicted octanol–water partition coefficient (Wildman–Crippen LogP) is 0.801. The van der Waals surface area contributed by atoms with Gasteiger partial charge in [0, 0.05) is 30.3 Å². The molecule has 5 heteroatoms. The van der Waals surface area contributed by atoms with E-state index in [1.54, 1.807) is 0 Å². The molecule has 1 unspecified atom stereocenters. The highest BCUT2D eigenvalue weighted by Crippen LogP contribution is 2.24. The molecule has 0 saturated heterocycles. The van der Waals surface area contributed by atoms with Crippen LogP contribution in [0.4, 0.5) is 5.69 Å². The summed E-state index contributed by atoms with van der Waals surface area (Å²) in [5.41, 5.74) is 13.4. The highest BCUT2D eigenvalue weighted by atomic mass is 15.4. The Labute approximate surface area is 99.4 Å². The van der Waals surface area contributed by atoms with Gasteiger partial charge < -0.3 is 11.5 Å². The monoisotopic (exact) mass is 229 g/mol. The quantitative estimate of drug-likeness (QED) is 0.708. The van der Waals surface area contributed by atoms with E-state index in [0.717, 1.165) is 30.8 Å². The van der Waals surface area contributed by atoms with Crippen LogP contribution in [0.5, 0.6) is 0 Å². The Balaban J connectivity index is 2.03. The molecule has 17 heavy (non-hydrogen) atoms. The zero-order chi connectivity index (χ0) is 11.8. The van der Waals surface area contributed by atoms with Crippen molar-refractivity contribution in [2.24, 2.45) is 5.73 Å². The molecule has 0 saturated carbocycles. The maximum Gasteiger partial charge on any atom is 0.183 e. The molecule has 1 aliphatic heterocycles. The Morgan fingerprint density at radius 2 is 2.12 bits per heavy atom. The van der Waals surface area contributed by atoms with Crippen LogP contribution in [0, 0.1) is 0 Å². The van der Waals surface area contributed by atoms with E-state index in [9.17, 15) is 0 Å². The molecule has 4 N–H and O–H groups in total. The summed E-state index contributed by atoms with van der Waals surface area (Å²) in [6.45, 7) is 0.843. The highest BCUT2D eigenvalue weighted by Gasteiger charge is 2.20. The SMILES string of the molecule is Nc1ccccc1-c1nc2n(n1)CCC(N)C2. The van der Waals surface area contributed by atoms with Gasteiger partial charge in [-0.1, -0.05) is 12.1 Å². The van der Waals surface area contributed by atoms with E-state index >= 15 is 0 Å². The molecule has 0 spiro atoms. The van der Waals surface area contributed by atoms with Gasteiger partial charge in [0.05, 0.1) is 0 Å². The minimum absolute atomic E-state index is 0.202. The van der Waals surface area contributed by atoms with Crippen molar-refractivity contribution in [2.45, 2.75) is 25.4 Å². The first-order chi connectivity index (χ1) is 8.24. The fraction of sp³-hybridized carbons (Fsp3) is 0.333. The lowest BCUT2D eigenvalue weighted by molar-refractivity contribution is 0.433. The van der Waals surface area contributed by atoms with Gasteiger partial charge in [0.2, 0.25) is 0 Å². The Hall–Kier alpha value is -1.88. The van der Waals surface area contributed by atoms with Crippen LogP contribution in [-0.2, 0) is 13.0 Å². The summed E-state index contributed by atoms with van der Waals surface area (Å²) >= 11 is 0. The summed E-state index contributed by atoms with van der Waals surface area (Å²) in [6.07, 6.45) is 1.75. The molecule has 0 bridgehead atoms. The summed E-state index contributed by atoms with van der Waals surface area (Å²) < 4.78 is 1.94. The van der Waals surface area contributed by atoms with Crippen molar-refractivity contribution in [1.82, 2.24) is 14.8 Å². The second-order valence-electron chi connectivity index (χ2n) is 4.41. The first-order valence-corrected chi connectivity index (χ1v) is 5.78. The number of fused-ring (bicyclic) bond motifs is 1. The number of aromatic nitrogens is 3. The van der Waals surface area contributed by atoms with Crippen LogP contribution >= 0.6 is 0 Å². The molecule has 0 aliphatic carbocycles. The second kappa shape index (κ2) is 3.85. The Kier molecular flexibility index (Phi) is 2.33. The summed E-state index contributed by atoms with van der Waals surface area (Å²) in [5.74, 6) is 1.66. The maximum absolute atomic E-state index is 5.92.